The molecule has 0 aliphatic heterocycles. The van der Waals surface area contributed by atoms with Gasteiger partial charge in [0, 0.05) is 16.8 Å². The van der Waals surface area contributed by atoms with Gasteiger partial charge in [-0.25, -0.2) is 0 Å². The summed E-state index contributed by atoms with van der Waals surface area (Å²) in [4.78, 5) is 5.67. The highest BCUT2D eigenvalue weighted by Gasteiger charge is 2.04. The van der Waals surface area contributed by atoms with Crippen LogP contribution in [-0.2, 0) is 0 Å². The highest BCUT2D eigenvalue weighted by Crippen LogP contribution is 2.29. The van der Waals surface area contributed by atoms with Gasteiger partial charge in [-0.05, 0) is 37.8 Å². The molecule has 2 heterocycles. The zero-order chi connectivity index (χ0) is 8.72. The molecule has 62 valence electrons. The van der Waals surface area contributed by atoms with Crippen LogP contribution in [-0.4, -0.2) is 4.98 Å². The van der Waals surface area contributed by atoms with Crippen LogP contribution in [0.1, 0.15) is 16.1 Å². The van der Waals surface area contributed by atoms with Crippen LogP contribution in [0, 0.1) is 20.8 Å². The SMILES string of the molecule is Cc1cc2c(C)c(C)sc2cn1. The Morgan fingerprint density at radius 1 is 1.25 bits per heavy atom. The van der Waals surface area contributed by atoms with Gasteiger partial charge in [0.15, 0.2) is 0 Å². The molecule has 2 aromatic rings. The molecule has 0 amide bonds. The monoisotopic (exact) mass is 177 g/mol. The van der Waals surface area contributed by atoms with Crippen molar-refractivity contribution in [3.05, 3.63) is 28.4 Å². The molecule has 0 aromatic carbocycles. The third-order valence-corrected chi connectivity index (χ3v) is 3.36. The van der Waals surface area contributed by atoms with Crippen molar-refractivity contribution in [3.63, 3.8) is 0 Å². The smallest absolute Gasteiger partial charge is 0.0531 e. The minimum Gasteiger partial charge on any atom is -0.260 e. The van der Waals surface area contributed by atoms with E-state index in [4.69, 9.17) is 0 Å². The van der Waals surface area contributed by atoms with E-state index in [9.17, 15) is 0 Å². The van der Waals surface area contributed by atoms with Gasteiger partial charge in [-0.15, -0.1) is 11.3 Å². The molecule has 0 unspecified atom stereocenters. The summed E-state index contributed by atoms with van der Waals surface area (Å²) in [5, 5.41) is 1.37. The maximum Gasteiger partial charge on any atom is 0.0531 e. The van der Waals surface area contributed by atoms with Gasteiger partial charge >= 0.3 is 0 Å². The first-order valence-corrected chi connectivity index (χ1v) is 4.82. The first-order valence-electron chi connectivity index (χ1n) is 4.01. The second-order valence-electron chi connectivity index (χ2n) is 3.11. The van der Waals surface area contributed by atoms with Crippen LogP contribution in [0.15, 0.2) is 12.3 Å². The molecule has 2 heteroatoms. The van der Waals surface area contributed by atoms with Crippen molar-refractivity contribution in [1.29, 1.82) is 0 Å². The summed E-state index contributed by atoms with van der Waals surface area (Å²) in [5.74, 6) is 0. The van der Waals surface area contributed by atoms with E-state index < -0.39 is 0 Å². The summed E-state index contributed by atoms with van der Waals surface area (Å²) in [6.45, 7) is 6.37. The van der Waals surface area contributed by atoms with E-state index in [0.29, 0.717) is 0 Å². The van der Waals surface area contributed by atoms with Crippen LogP contribution in [0.3, 0.4) is 0 Å². The van der Waals surface area contributed by atoms with Crippen LogP contribution < -0.4 is 0 Å². The Balaban J connectivity index is 2.88. The second kappa shape index (κ2) is 2.56. The number of rotatable bonds is 0. The Bertz CT molecular complexity index is 429. The number of hydrogen-bond acceptors (Lipinski definition) is 2. The van der Waals surface area contributed by atoms with Crippen molar-refractivity contribution < 1.29 is 0 Å². The molecule has 0 radical (unpaired) electrons. The van der Waals surface area contributed by atoms with Gasteiger partial charge in [0.2, 0.25) is 0 Å². The molecule has 0 fully saturated rings. The van der Waals surface area contributed by atoms with E-state index >= 15 is 0 Å². The number of aryl methyl sites for hydroxylation is 3. The summed E-state index contributed by atoms with van der Waals surface area (Å²) < 4.78 is 1.30. The molecule has 0 saturated heterocycles. The van der Waals surface area contributed by atoms with E-state index in [0.717, 1.165) is 5.69 Å². The van der Waals surface area contributed by atoms with Crippen molar-refractivity contribution in [2.24, 2.45) is 0 Å². The Labute approximate surface area is 76.1 Å². The molecule has 0 spiro atoms. The first kappa shape index (κ1) is 7.74. The number of thiophene rings is 1. The number of pyridine rings is 1. The zero-order valence-electron chi connectivity index (χ0n) is 7.51. The number of fused-ring (bicyclic) bond motifs is 1. The van der Waals surface area contributed by atoms with Crippen LogP contribution in [0.25, 0.3) is 10.1 Å². The van der Waals surface area contributed by atoms with Crippen molar-refractivity contribution in [1.82, 2.24) is 4.98 Å². The molecule has 1 nitrogen and oxygen atoms in total. The summed E-state index contributed by atoms with van der Waals surface area (Å²) in [7, 11) is 0. The van der Waals surface area contributed by atoms with Crippen LogP contribution in [0.4, 0.5) is 0 Å². The maximum atomic E-state index is 4.27. The van der Waals surface area contributed by atoms with Crippen LogP contribution in [0.5, 0.6) is 0 Å². The Morgan fingerprint density at radius 2 is 2.00 bits per heavy atom. The third-order valence-electron chi connectivity index (χ3n) is 2.20. The molecular weight excluding hydrogens is 166 g/mol. The van der Waals surface area contributed by atoms with Crippen molar-refractivity contribution >= 4 is 21.4 Å². The molecular formula is C10H11NS. The molecule has 0 aliphatic carbocycles. The lowest BCUT2D eigenvalue weighted by Gasteiger charge is -1.92. The minimum atomic E-state index is 1.10. The number of hydrogen-bond donors (Lipinski definition) is 0. The molecule has 2 aromatic heterocycles. The first-order chi connectivity index (χ1) is 5.68. The predicted molar refractivity (Wildman–Crippen MR) is 53.8 cm³/mol. The average Bonchev–Trinajstić information content (AvgIpc) is 2.31. The fourth-order valence-electron chi connectivity index (χ4n) is 1.35. The highest BCUT2D eigenvalue weighted by molar-refractivity contribution is 7.19. The normalized spacial score (nSPS) is 10.9. The molecule has 2 rings (SSSR count). The van der Waals surface area contributed by atoms with Gasteiger partial charge in [0.25, 0.3) is 0 Å². The standard InChI is InChI=1S/C10H11NS/c1-6-4-9-7(2)8(3)12-10(9)5-11-6/h4-5H,1-3H3. The van der Waals surface area contributed by atoms with Gasteiger partial charge in [-0.3, -0.25) is 4.98 Å². The van der Waals surface area contributed by atoms with E-state index in [1.165, 1.54) is 20.5 Å². The molecule has 12 heavy (non-hydrogen) atoms. The van der Waals surface area contributed by atoms with Crippen LogP contribution in [0.2, 0.25) is 0 Å². The Kier molecular flexibility index (Phi) is 1.65. The molecule has 0 N–H and O–H groups in total. The largest absolute Gasteiger partial charge is 0.260 e. The Hall–Kier alpha value is -0.890. The van der Waals surface area contributed by atoms with Gasteiger partial charge in [0.1, 0.15) is 0 Å². The van der Waals surface area contributed by atoms with Crippen LogP contribution >= 0.6 is 11.3 Å². The lowest BCUT2D eigenvalue weighted by atomic mass is 10.2. The van der Waals surface area contributed by atoms with Gasteiger partial charge in [-0.1, -0.05) is 0 Å². The van der Waals surface area contributed by atoms with Gasteiger partial charge in [-0.2, -0.15) is 0 Å². The number of nitrogens with zero attached hydrogens (tertiary/aromatic N) is 1. The fraction of sp³-hybridized carbons (Fsp3) is 0.300. The third kappa shape index (κ3) is 1.03. The Morgan fingerprint density at radius 3 is 2.75 bits per heavy atom. The molecule has 0 atom stereocenters. The average molecular weight is 177 g/mol. The van der Waals surface area contributed by atoms with E-state index in [2.05, 4.69) is 24.9 Å². The lowest BCUT2D eigenvalue weighted by molar-refractivity contribution is 1.23. The second-order valence-corrected chi connectivity index (χ2v) is 4.36. The summed E-state index contributed by atoms with van der Waals surface area (Å²) in [6.07, 6.45) is 1.97. The van der Waals surface area contributed by atoms with Crippen molar-refractivity contribution in [3.8, 4) is 0 Å². The van der Waals surface area contributed by atoms with E-state index in [1.807, 2.05) is 24.5 Å². The number of aromatic nitrogens is 1. The van der Waals surface area contributed by atoms with Crippen molar-refractivity contribution in [2.45, 2.75) is 20.8 Å². The quantitative estimate of drug-likeness (QED) is 0.602. The topological polar surface area (TPSA) is 12.9 Å². The zero-order valence-corrected chi connectivity index (χ0v) is 8.33. The summed E-state index contributed by atoms with van der Waals surface area (Å²) in [6, 6.07) is 2.16. The maximum absolute atomic E-state index is 4.27. The van der Waals surface area contributed by atoms with Gasteiger partial charge < -0.3 is 0 Å². The predicted octanol–water partition coefficient (Wildman–Crippen LogP) is 3.22. The van der Waals surface area contributed by atoms with Gasteiger partial charge in [0.05, 0.1) is 4.70 Å². The fourth-order valence-corrected chi connectivity index (χ4v) is 2.37. The minimum absolute atomic E-state index is 1.10. The molecule has 0 aliphatic rings. The van der Waals surface area contributed by atoms with Crippen molar-refractivity contribution in [2.75, 3.05) is 0 Å². The summed E-state index contributed by atoms with van der Waals surface area (Å²) in [5.41, 5.74) is 2.50. The van der Waals surface area contributed by atoms with E-state index in [1.54, 1.807) is 0 Å². The lowest BCUT2D eigenvalue weighted by Crippen LogP contribution is -1.78. The molecule has 0 bridgehead atoms. The summed E-state index contributed by atoms with van der Waals surface area (Å²) >= 11 is 1.82. The molecule has 0 saturated carbocycles. The highest BCUT2D eigenvalue weighted by atomic mass is 32.1. The van der Waals surface area contributed by atoms with E-state index in [-0.39, 0.29) is 0 Å².